The Kier molecular flexibility index (Phi) is 11.9. The lowest BCUT2D eigenvalue weighted by Crippen LogP contribution is -2.57. The van der Waals surface area contributed by atoms with E-state index < -0.39 is 35.9 Å². The fraction of sp³-hybridized carbons (Fsp3) is 0.471. The van der Waals surface area contributed by atoms with Gasteiger partial charge in [0.05, 0.1) is 12.6 Å². The second-order valence-corrected chi connectivity index (χ2v) is 11.9. The van der Waals surface area contributed by atoms with Crippen LogP contribution in [0, 0.1) is 18.8 Å². The third kappa shape index (κ3) is 9.17. The van der Waals surface area contributed by atoms with E-state index in [1.807, 2.05) is 52.0 Å². The van der Waals surface area contributed by atoms with Gasteiger partial charge in [-0.05, 0) is 68.2 Å². The van der Waals surface area contributed by atoms with Crippen LogP contribution in [0.4, 0.5) is 0 Å². The molecular weight excluding hydrogens is 546 g/mol. The molecule has 0 fully saturated rings. The van der Waals surface area contributed by atoms with Gasteiger partial charge >= 0.3 is 5.97 Å². The zero-order valence-corrected chi connectivity index (χ0v) is 26.1. The molecule has 43 heavy (non-hydrogen) atoms. The molecule has 1 aliphatic heterocycles. The molecule has 0 spiro atoms. The largest absolute Gasteiger partial charge is 0.508 e. The van der Waals surface area contributed by atoms with Crippen LogP contribution in [-0.4, -0.2) is 58.4 Å². The molecule has 1 aliphatic rings. The van der Waals surface area contributed by atoms with Crippen LogP contribution in [0.2, 0.25) is 0 Å². The van der Waals surface area contributed by atoms with Crippen LogP contribution < -0.4 is 10.6 Å². The number of benzene rings is 2. The van der Waals surface area contributed by atoms with Gasteiger partial charge in [-0.1, -0.05) is 64.1 Å². The Balaban J connectivity index is 1.87. The third-order valence-corrected chi connectivity index (χ3v) is 7.51. The first-order valence-electron chi connectivity index (χ1n) is 15.0. The molecule has 0 saturated heterocycles. The Labute approximate surface area is 254 Å². The molecule has 9 heteroatoms. The van der Waals surface area contributed by atoms with E-state index in [9.17, 15) is 24.3 Å². The average molecular weight is 592 g/mol. The van der Waals surface area contributed by atoms with Crippen molar-refractivity contribution in [1.29, 1.82) is 0 Å². The summed E-state index contributed by atoms with van der Waals surface area (Å²) in [4.78, 5) is 54.9. The highest BCUT2D eigenvalue weighted by atomic mass is 16.5. The molecule has 0 aromatic heterocycles. The number of carbonyl (C=O) groups excluding carboxylic acids is 4. The SMILES string of the molecule is CCOC(=O)/C=C/[C@@H]1Cc2ccccc2CN1C(=O)[C@H](CC(C)C)NC(=O)[C@H](CC(C)C)NC(=O)c1cccc(O)c1C. The number of ether oxygens (including phenoxy) is 1. The first kappa shape index (κ1) is 33.4. The fourth-order valence-corrected chi connectivity index (χ4v) is 5.31. The number of hydrogen-bond donors (Lipinski definition) is 3. The summed E-state index contributed by atoms with van der Waals surface area (Å²) >= 11 is 0. The molecule has 9 nitrogen and oxygen atoms in total. The third-order valence-electron chi connectivity index (χ3n) is 7.51. The van der Waals surface area contributed by atoms with E-state index in [1.165, 1.54) is 12.1 Å². The Bertz CT molecular complexity index is 1340. The summed E-state index contributed by atoms with van der Waals surface area (Å²) in [7, 11) is 0. The average Bonchev–Trinajstić information content (AvgIpc) is 2.95. The van der Waals surface area contributed by atoms with Crippen molar-refractivity contribution in [1.82, 2.24) is 15.5 Å². The number of carbonyl (C=O) groups is 4. The summed E-state index contributed by atoms with van der Waals surface area (Å²) in [5.74, 6) is -1.49. The van der Waals surface area contributed by atoms with Crippen molar-refractivity contribution in [3.05, 3.63) is 76.9 Å². The van der Waals surface area contributed by atoms with Gasteiger partial charge in [0.2, 0.25) is 11.8 Å². The van der Waals surface area contributed by atoms with Crippen molar-refractivity contribution in [3.8, 4) is 5.75 Å². The maximum atomic E-state index is 14.2. The normalized spacial score (nSPS) is 16.1. The first-order valence-corrected chi connectivity index (χ1v) is 15.0. The topological polar surface area (TPSA) is 125 Å². The van der Waals surface area contributed by atoms with Gasteiger partial charge in [0, 0.05) is 23.7 Å². The number of phenolic OH excluding ortho intramolecular Hbond substituents is 1. The molecule has 3 rings (SSSR count). The highest BCUT2D eigenvalue weighted by Gasteiger charge is 2.35. The Morgan fingerprint density at radius 3 is 2.26 bits per heavy atom. The van der Waals surface area contributed by atoms with Gasteiger partial charge in [-0.25, -0.2) is 4.79 Å². The van der Waals surface area contributed by atoms with E-state index in [0.717, 1.165) is 11.1 Å². The van der Waals surface area contributed by atoms with Gasteiger partial charge in [0.1, 0.15) is 17.8 Å². The van der Waals surface area contributed by atoms with Crippen LogP contribution in [0.5, 0.6) is 5.75 Å². The predicted molar refractivity (Wildman–Crippen MR) is 165 cm³/mol. The minimum absolute atomic E-state index is 0.00484. The molecule has 232 valence electrons. The molecule has 3 atom stereocenters. The molecular formula is C34H45N3O6. The van der Waals surface area contributed by atoms with Gasteiger partial charge in [0.25, 0.3) is 5.91 Å². The standard InChI is InChI=1S/C34H45N3O6/c1-7-43-31(39)16-15-26-19-24-11-8-9-12-25(24)20-37(26)34(42)29(18-22(4)5)36-33(41)28(17-21(2)3)35-32(40)27-13-10-14-30(38)23(27)6/h8-16,21-22,26,28-29,38H,7,17-20H2,1-6H3,(H,35,40)(H,36,41)/b16-15+/t26-,28+,29+/m1/s1. The summed E-state index contributed by atoms with van der Waals surface area (Å²) in [6, 6.07) is 10.4. The molecule has 0 unspecified atom stereocenters. The number of nitrogens with zero attached hydrogens (tertiary/aromatic N) is 1. The number of esters is 1. The van der Waals surface area contributed by atoms with Crippen LogP contribution >= 0.6 is 0 Å². The molecule has 2 aromatic rings. The second kappa shape index (κ2) is 15.4. The van der Waals surface area contributed by atoms with Gasteiger partial charge in [-0.3, -0.25) is 14.4 Å². The summed E-state index contributed by atoms with van der Waals surface area (Å²) in [6.45, 7) is 11.8. The van der Waals surface area contributed by atoms with Crippen molar-refractivity contribution in [2.75, 3.05) is 6.61 Å². The lowest BCUT2D eigenvalue weighted by atomic mass is 9.92. The van der Waals surface area contributed by atoms with Crippen molar-refractivity contribution in [2.24, 2.45) is 11.8 Å². The van der Waals surface area contributed by atoms with Crippen molar-refractivity contribution in [3.63, 3.8) is 0 Å². The minimum Gasteiger partial charge on any atom is -0.508 e. The lowest BCUT2D eigenvalue weighted by Gasteiger charge is -2.38. The minimum atomic E-state index is -0.890. The second-order valence-electron chi connectivity index (χ2n) is 11.9. The van der Waals surface area contributed by atoms with Gasteiger partial charge < -0.3 is 25.4 Å². The van der Waals surface area contributed by atoms with Crippen molar-refractivity contribution in [2.45, 2.75) is 85.5 Å². The molecule has 0 saturated carbocycles. The monoisotopic (exact) mass is 591 g/mol. The van der Waals surface area contributed by atoms with Crippen LogP contribution in [-0.2, 0) is 32.1 Å². The molecule has 2 aromatic carbocycles. The highest BCUT2D eigenvalue weighted by Crippen LogP contribution is 2.26. The van der Waals surface area contributed by atoms with E-state index in [4.69, 9.17) is 4.74 Å². The Hall–Kier alpha value is -4.14. The number of rotatable bonds is 12. The zero-order valence-electron chi connectivity index (χ0n) is 26.1. The van der Waals surface area contributed by atoms with Crippen molar-refractivity contribution < 1.29 is 29.0 Å². The predicted octanol–water partition coefficient (Wildman–Crippen LogP) is 4.45. The summed E-state index contributed by atoms with van der Waals surface area (Å²) in [5, 5.41) is 15.9. The number of phenols is 1. The van der Waals surface area contributed by atoms with Crippen LogP contribution in [0.1, 0.15) is 74.5 Å². The Morgan fingerprint density at radius 2 is 1.60 bits per heavy atom. The molecule has 3 N–H and O–H groups in total. The lowest BCUT2D eigenvalue weighted by molar-refractivity contribution is -0.140. The van der Waals surface area contributed by atoms with Gasteiger partial charge in [0.15, 0.2) is 0 Å². The number of hydrogen-bond acceptors (Lipinski definition) is 6. The van der Waals surface area contributed by atoms with Gasteiger partial charge in [-0.2, -0.15) is 0 Å². The van der Waals surface area contributed by atoms with Gasteiger partial charge in [-0.15, -0.1) is 0 Å². The van der Waals surface area contributed by atoms with Crippen molar-refractivity contribution >= 4 is 23.7 Å². The maximum absolute atomic E-state index is 14.2. The van der Waals surface area contributed by atoms with E-state index in [0.29, 0.717) is 31.4 Å². The van der Waals surface area contributed by atoms with Crippen LogP contribution in [0.3, 0.4) is 0 Å². The summed E-state index contributed by atoms with van der Waals surface area (Å²) in [5.41, 5.74) is 2.80. The summed E-state index contributed by atoms with van der Waals surface area (Å²) < 4.78 is 5.05. The number of aromatic hydroxyl groups is 1. The molecule has 3 amide bonds. The molecule has 0 aliphatic carbocycles. The fourth-order valence-electron chi connectivity index (χ4n) is 5.31. The first-order chi connectivity index (χ1) is 20.4. The van der Waals surface area contributed by atoms with E-state index in [-0.39, 0.29) is 35.7 Å². The Morgan fingerprint density at radius 1 is 0.953 bits per heavy atom. The van der Waals surface area contributed by atoms with E-state index >= 15 is 0 Å². The number of amides is 3. The zero-order chi connectivity index (χ0) is 31.7. The maximum Gasteiger partial charge on any atom is 0.330 e. The van der Waals surface area contributed by atoms with Crippen LogP contribution in [0.15, 0.2) is 54.6 Å². The molecule has 1 heterocycles. The number of fused-ring (bicyclic) bond motifs is 1. The summed E-state index contributed by atoms with van der Waals surface area (Å²) in [6.07, 6.45) is 4.33. The van der Waals surface area contributed by atoms with E-state index in [1.54, 1.807) is 37.0 Å². The molecule has 0 bridgehead atoms. The molecule has 0 radical (unpaired) electrons. The highest BCUT2D eigenvalue weighted by molar-refractivity contribution is 5.99. The smallest absolute Gasteiger partial charge is 0.330 e. The van der Waals surface area contributed by atoms with Crippen LogP contribution in [0.25, 0.3) is 0 Å². The quantitative estimate of drug-likeness (QED) is 0.248. The number of nitrogens with one attached hydrogen (secondary N) is 2. The van der Waals surface area contributed by atoms with E-state index in [2.05, 4.69) is 10.6 Å².